The molecule has 0 radical (unpaired) electrons. The summed E-state index contributed by atoms with van der Waals surface area (Å²) in [6.45, 7) is 5.73. The van der Waals surface area contributed by atoms with E-state index in [0.717, 1.165) is 0 Å². The highest BCUT2D eigenvalue weighted by atomic mass is 16.7. The van der Waals surface area contributed by atoms with Gasteiger partial charge in [0.25, 0.3) is 0 Å². The quantitative estimate of drug-likeness (QED) is 0.583. The molecule has 0 aromatic carbocycles. The van der Waals surface area contributed by atoms with E-state index in [1.807, 2.05) is 13.8 Å². The van der Waals surface area contributed by atoms with Gasteiger partial charge in [0.1, 0.15) is 12.2 Å². The molecule has 12 heavy (non-hydrogen) atoms. The lowest BCUT2D eigenvalue weighted by Crippen LogP contribution is -2.29. The average Bonchev–Trinajstić information content (AvgIpc) is 2.31. The van der Waals surface area contributed by atoms with Crippen molar-refractivity contribution in [3.05, 3.63) is 0 Å². The molecule has 0 spiro atoms. The fourth-order valence-corrected chi connectivity index (χ4v) is 1.11. The largest absolute Gasteiger partial charge is 0.378 e. The van der Waals surface area contributed by atoms with Crippen LogP contribution in [0.2, 0.25) is 0 Å². The maximum absolute atomic E-state index is 9.40. The molecular weight excluding hydrogens is 156 g/mol. The summed E-state index contributed by atoms with van der Waals surface area (Å²) in [4.78, 5) is 0. The van der Waals surface area contributed by atoms with E-state index in [0.29, 0.717) is 6.61 Å². The van der Waals surface area contributed by atoms with Crippen LogP contribution in [-0.4, -0.2) is 29.7 Å². The molecule has 1 N–H and O–H groups in total. The molecule has 1 rings (SSSR count). The van der Waals surface area contributed by atoms with E-state index in [2.05, 4.69) is 11.8 Å². The molecule has 0 aliphatic carbocycles. The molecule has 1 heterocycles. The number of hydrogen-bond donors (Lipinski definition) is 1. The summed E-state index contributed by atoms with van der Waals surface area (Å²) in [6, 6.07) is 0. The van der Waals surface area contributed by atoms with Crippen LogP contribution in [0.5, 0.6) is 0 Å². The Hall–Kier alpha value is -0.560. The summed E-state index contributed by atoms with van der Waals surface area (Å²) in [6.07, 6.45) is -1.05. The van der Waals surface area contributed by atoms with E-state index in [1.165, 1.54) is 0 Å². The Kier molecular flexibility index (Phi) is 2.73. The van der Waals surface area contributed by atoms with Crippen molar-refractivity contribution < 1.29 is 14.6 Å². The van der Waals surface area contributed by atoms with Gasteiger partial charge >= 0.3 is 0 Å². The molecule has 1 aliphatic heterocycles. The van der Waals surface area contributed by atoms with Crippen molar-refractivity contribution in [3.8, 4) is 11.8 Å². The summed E-state index contributed by atoms with van der Waals surface area (Å²) in [7, 11) is 0. The van der Waals surface area contributed by atoms with Gasteiger partial charge in [0.15, 0.2) is 5.79 Å². The van der Waals surface area contributed by atoms with Crippen LogP contribution in [0.25, 0.3) is 0 Å². The molecule has 1 fully saturated rings. The second-order valence-corrected chi connectivity index (χ2v) is 3.21. The van der Waals surface area contributed by atoms with Gasteiger partial charge in [-0.3, -0.25) is 0 Å². The van der Waals surface area contributed by atoms with E-state index >= 15 is 0 Å². The van der Waals surface area contributed by atoms with Crippen LogP contribution < -0.4 is 0 Å². The molecule has 0 aromatic heterocycles. The monoisotopic (exact) mass is 170 g/mol. The molecular formula is C9H14O3. The van der Waals surface area contributed by atoms with Crippen molar-refractivity contribution in [2.24, 2.45) is 0 Å². The zero-order valence-corrected chi connectivity index (χ0v) is 7.63. The predicted molar refractivity (Wildman–Crippen MR) is 44.4 cm³/mol. The van der Waals surface area contributed by atoms with Crippen molar-refractivity contribution in [1.82, 2.24) is 0 Å². The number of hydrogen-bond acceptors (Lipinski definition) is 3. The highest BCUT2D eigenvalue weighted by Gasteiger charge is 2.35. The molecule has 0 aromatic rings. The van der Waals surface area contributed by atoms with E-state index in [-0.39, 0.29) is 6.10 Å². The summed E-state index contributed by atoms with van der Waals surface area (Å²) in [5.74, 6) is 4.68. The Morgan fingerprint density at radius 1 is 1.58 bits per heavy atom. The molecule has 68 valence electrons. The Labute approximate surface area is 72.7 Å². The van der Waals surface area contributed by atoms with Gasteiger partial charge in [-0.15, -0.1) is 5.92 Å². The third-order valence-electron chi connectivity index (χ3n) is 1.67. The molecule has 0 saturated carbocycles. The molecule has 3 heteroatoms. The minimum Gasteiger partial charge on any atom is -0.378 e. The summed E-state index contributed by atoms with van der Waals surface area (Å²) < 4.78 is 10.7. The molecule has 0 bridgehead atoms. The van der Waals surface area contributed by atoms with Crippen LogP contribution in [0, 0.1) is 11.8 Å². The van der Waals surface area contributed by atoms with Crippen LogP contribution in [0.15, 0.2) is 0 Å². The normalized spacial score (nSPS) is 29.2. The van der Waals surface area contributed by atoms with Crippen molar-refractivity contribution in [3.63, 3.8) is 0 Å². The third kappa shape index (κ3) is 2.21. The summed E-state index contributed by atoms with van der Waals surface area (Å²) >= 11 is 0. The van der Waals surface area contributed by atoms with Crippen LogP contribution in [0.3, 0.4) is 0 Å². The standard InChI is InChI=1S/C9H14O3/c1-4-5-7(10)8-6-11-9(2,3)12-8/h7-8,10H,6H2,1-3H3. The van der Waals surface area contributed by atoms with E-state index in [1.54, 1.807) is 6.92 Å². The number of aliphatic hydroxyl groups is 1. The summed E-state index contributed by atoms with van der Waals surface area (Å²) in [5, 5.41) is 9.40. The van der Waals surface area contributed by atoms with Gasteiger partial charge < -0.3 is 14.6 Å². The molecule has 3 nitrogen and oxygen atoms in total. The highest BCUT2D eigenvalue weighted by molar-refractivity contribution is 5.05. The van der Waals surface area contributed by atoms with E-state index < -0.39 is 11.9 Å². The predicted octanol–water partition coefficient (Wildman–Crippen LogP) is 0.522. The molecule has 2 atom stereocenters. The van der Waals surface area contributed by atoms with Gasteiger partial charge in [0.05, 0.1) is 6.61 Å². The molecule has 2 unspecified atom stereocenters. The lowest BCUT2D eigenvalue weighted by Gasteiger charge is -2.17. The number of ether oxygens (including phenoxy) is 2. The van der Waals surface area contributed by atoms with Gasteiger partial charge in [-0.2, -0.15) is 0 Å². The zero-order chi connectivity index (χ0) is 9.19. The topological polar surface area (TPSA) is 38.7 Å². The van der Waals surface area contributed by atoms with E-state index in [9.17, 15) is 5.11 Å². The van der Waals surface area contributed by atoms with Gasteiger partial charge in [0, 0.05) is 0 Å². The molecule has 0 amide bonds. The maximum Gasteiger partial charge on any atom is 0.163 e. The van der Waals surface area contributed by atoms with E-state index in [4.69, 9.17) is 9.47 Å². The van der Waals surface area contributed by atoms with Crippen molar-refractivity contribution in [2.75, 3.05) is 6.61 Å². The first-order valence-corrected chi connectivity index (χ1v) is 3.97. The minimum absolute atomic E-state index is 0.313. The Balaban J connectivity index is 2.50. The Morgan fingerprint density at radius 2 is 2.25 bits per heavy atom. The zero-order valence-electron chi connectivity index (χ0n) is 7.63. The first-order chi connectivity index (χ1) is 5.55. The minimum atomic E-state index is -0.739. The van der Waals surface area contributed by atoms with Crippen LogP contribution >= 0.6 is 0 Å². The molecule has 1 saturated heterocycles. The lowest BCUT2D eigenvalue weighted by molar-refractivity contribution is -0.146. The Morgan fingerprint density at radius 3 is 2.67 bits per heavy atom. The van der Waals surface area contributed by atoms with Crippen LogP contribution in [0.1, 0.15) is 20.8 Å². The van der Waals surface area contributed by atoms with Crippen molar-refractivity contribution >= 4 is 0 Å². The fraction of sp³-hybridized carbons (Fsp3) is 0.778. The van der Waals surface area contributed by atoms with Gasteiger partial charge in [0.2, 0.25) is 0 Å². The SMILES string of the molecule is CC#CC(O)C1COC(C)(C)O1. The second-order valence-electron chi connectivity index (χ2n) is 3.21. The summed E-state index contributed by atoms with van der Waals surface area (Å²) in [5.41, 5.74) is 0. The fourth-order valence-electron chi connectivity index (χ4n) is 1.11. The van der Waals surface area contributed by atoms with Gasteiger partial charge in [-0.25, -0.2) is 0 Å². The first-order valence-electron chi connectivity index (χ1n) is 3.97. The first kappa shape index (κ1) is 9.53. The number of rotatable bonds is 1. The Bertz CT molecular complexity index is 212. The maximum atomic E-state index is 9.40. The van der Waals surface area contributed by atoms with Crippen LogP contribution in [-0.2, 0) is 9.47 Å². The average molecular weight is 170 g/mol. The van der Waals surface area contributed by atoms with Crippen LogP contribution in [0.4, 0.5) is 0 Å². The lowest BCUT2D eigenvalue weighted by atomic mass is 10.2. The van der Waals surface area contributed by atoms with Gasteiger partial charge in [-0.05, 0) is 20.8 Å². The third-order valence-corrected chi connectivity index (χ3v) is 1.67. The molecule has 1 aliphatic rings. The van der Waals surface area contributed by atoms with Gasteiger partial charge in [-0.1, -0.05) is 5.92 Å². The highest BCUT2D eigenvalue weighted by Crippen LogP contribution is 2.23. The van der Waals surface area contributed by atoms with Crippen molar-refractivity contribution in [1.29, 1.82) is 0 Å². The smallest absolute Gasteiger partial charge is 0.163 e. The second kappa shape index (κ2) is 3.44. The number of aliphatic hydroxyl groups excluding tert-OH is 1. The van der Waals surface area contributed by atoms with Crippen molar-refractivity contribution in [2.45, 2.75) is 38.8 Å².